The predicted octanol–water partition coefficient (Wildman–Crippen LogP) is 4.66. The van der Waals surface area contributed by atoms with Crippen molar-refractivity contribution in [2.75, 3.05) is 5.32 Å². The molecule has 3 aromatic heterocycles. The molecule has 0 aliphatic carbocycles. The third-order valence-electron chi connectivity index (χ3n) is 3.80. The number of pyridine rings is 2. The fourth-order valence-corrected chi connectivity index (χ4v) is 2.79. The first kappa shape index (κ1) is 14.7. The lowest BCUT2D eigenvalue weighted by Gasteiger charge is -2.07. The number of hydrogen-bond acceptors (Lipinski definition) is 3. The van der Waals surface area contributed by atoms with Gasteiger partial charge in [-0.3, -0.25) is 4.98 Å². The summed E-state index contributed by atoms with van der Waals surface area (Å²) >= 11 is 5.95. The average Bonchev–Trinajstić information content (AvgIpc) is 3.05. The van der Waals surface area contributed by atoms with Gasteiger partial charge in [-0.2, -0.15) is 0 Å². The van der Waals surface area contributed by atoms with Gasteiger partial charge in [0.05, 0.1) is 10.7 Å². The van der Waals surface area contributed by atoms with Crippen molar-refractivity contribution in [3.63, 3.8) is 0 Å². The summed E-state index contributed by atoms with van der Waals surface area (Å²) in [5.74, 6) is 0. The first-order valence-electron chi connectivity index (χ1n) is 7.65. The minimum atomic E-state index is 0.650. The van der Waals surface area contributed by atoms with Gasteiger partial charge >= 0.3 is 0 Å². The van der Waals surface area contributed by atoms with E-state index in [2.05, 4.69) is 39.6 Å². The second kappa shape index (κ2) is 6.34. The van der Waals surface area contributed by atoms with Crippen LogP contribution in [0.5, 0.6) is 0 Å². The number of anilines is 1. The molecule has 0 saturated carbocycles. The van der Waals surface area contributed by atoms with Crippen LogP contribution >= 0.6 is 11.6 Å². The summed E-state index contributed by atoms with van der Waals surface area (Å²) in [7, 11) is 0. The molecule has 0 aliphatic heterocycles. The summed E-state index contributed by atoms with van der Waals surface area (Å²) in [6.45, 7) is 0.682. The summed E-state index contributed by atoms with van der Waals surface area (Å²) in [5, 5.41) is 4.02. The zero-order valence-corrected chi connectivity index (χ0v) is 13.6. The maximum absolute atomic E-state index is 5.95. The Kier molecular flexibility index (Phi) is 3.89. The number of rotatable bonds is 4. The lowest BCUT2D eigenvalue weighted by Crippen LogP contribution is -1.99. The smallest absolute Gasteiger partial charge is 0.137 e. The van der Waals surface area contributed by atoms with Crippen molar-refractivity contribution in [3.8, 4) is 11.3 Å². The van der Waals surface area contributed by atoms with Crippen molar-refractivity contribution in [3.05, 3.63) is 83.9 Å². The van der Waals surface area contributed by atoms with Gasteiger partial charge in [-0.15, -0.1) is 0 Å². The number of nitrogens with one attached hydrogen (secondary N) is 1. The minimum absolute atomic E-state index is 0.650. The lowest BCUT2D eigenvalue weighted by molar-refractivity contribution is 1.11. The molecule has 4 rings (SSSR count). The molecule has 0 bridgehead atoms. The van der Waals surface area contributed by atoms with E-state index >= 15 is 0 Å². The summed E-state index contributed by atoms with van der Waals surface area (Å²) in [6.07, 6.45) is 7.48. The molecule has 4 nitrogen and oxygen atoms in total. The number of nitrogens with zero attached hydrogens (tertiary/aromatic N) is 3. The fraction of sp³-hybridized carbons (Fsp3) is 0.0526. The molecular weight excluding hydrogens is 320 g/mol. The summed E-state index contributed by atoms with van der Waals surface area (Å²) in [5.41, 5.74) is 5.10. The van der Waals surface area contributed by atoms with E-state index < -0.39 is 0 Å². The molecule has 24 heavy (non-hydrogen) atoms. The van der Waals surface area contributed by atoms with Crippen molar-refractivity contribution in [2.45, 2.75) is 6.54 Å². The van der Waals surface area contributed by atoms with Gasteiger partial charge in [0.2, 0.25) is 0 Å². The average molecular weight is 335 g/mol. The highest BCUT2D eigenvalue weighted by Crippen LogP contribution is 2.21. The van der Waals surface area contributed by atoms with Crippen LogP contribution < -0.4 is 5.32 Å². The van der Waals surface area contributed by atoms with E-state index in [1.807, 2.05) is 47.3 Å². The summed E-state index contributed by atoms with van der Waals surface area (Å²) in [4.78, 5) is 8.72. The van der Waals surface area contributed by atoms with Gasteiger partial charge in [0, 0.05) is 42.6 Å². The molecular formula is C19H15ClN4. The third-order valence-corrected chi connectivity index (χ3v) is 4.01. The topological polar surface area (TPSA) is 42.2 Å². The normalized spacial score (nSPS) is 10.9. The molecule has 0 radical (unpaired) electrons. The molecule has 118 valence electrons. The Hall–Kier alpha value is -2.85. The van der Waals surface area contributed by atoms with E-state index in [0.29, 0.717) is 11.6 Å². The molecule has 4 aromatic rings. The second-order valence-electron chi connectivity index (χ2n) is 5.53. The van der Waals surface area contributed by atoms with Crippen molar-refractivity contribution in [1.29, 1.82) is 0 Å². The van der Waals surface area contributed by atoms with Crippen LogP contribution in [0.2, 0.25) is 5.02 Å². The van der Waals surface area contributed by atoms with Crippen molar-refractivity contribution in [2.24, 2.45) is 0 Å². The number of benzene rings is 1. The van der Waals surface area contributed by atoms with Gasteiger partial charge in [-0.05, 0) is 35.9 Å². The molecule has 0 saturated heterocycles. The van der Waals surface area contributed by atoms with Crippen LogP contribution in [0.3, 0.4) is 0 Å². The van der Waals surface area contributed by atoms with Gasteiger partial charge in [0.25, 0.3) is 0 Å². The minimum Gasteiger partial charge on any atom is -0.381 e. The first-order valence-corrected chi connectivity index (χ1v) is 8.03. The van der Waals surface area contributed by atoms with E-state index in [0.717, 1.165) is 28.2 Å². The van der Waals surface area contributed by atoms with Crippen LogP contribution in [0.1, 0.15) is 5.56 Å². The van der Waals surface area contributed by atoms with Crippen LogP contribution in [0.4, 0.5) is 5.69 Å². The Morgan fingerprint density at radius 1 is 1.04 bits per heavy atom. The Bertz CT molecular complexity index is 943. The van der Waals surface area contributed by atoms with E-state index in [-0.39, 0.29) is 0 Å². The van der Waals surface area contributed by atoms with Gasteiger partial charge in [0.1, 0.15) is 5.65 Å². The second-order valence-corrected chi connectivity index (χ2v) is 5.97. The van der Waals surface area contributed by atoms with Crippen LogP contribution in [0.15, 0.2) is 73.3 Å². The molecule has 0 fully saturated rings. The monoisotopic (exact) mass is 334 g/mol. The van der Waals surface area contributed by atoms with E-state index in [1.165, 1.54) is 0 Å². The fourth-order valence-electron chi connectivity index (χ4n) is 2.59. The molecule has 1 aromatic carbocycles. The molecule has 3 heterocycles. The van der Waals surface area contributed by atoms with Crippen LogP contribution in [0, 0.1) is 0 Å². The highest BCUT2D eigenvalue weighted by atomic mass is 35.5. The largest absolute Gasteiger partial charge is 0.381 e. The van der Waals surface area contributed by atoms with Gasteiger partial charge < -0.3 is 9.72 Å². The van der Waals surface area contributed by atoms with Gasteiger partial charge in [-0.25, -0.2) is 4.98 Å². The van der Waals surface area contributed by atoms with Crippen LogP contribution in [-0.2, 0) is 6.54 Å². The maximum Gasteiger partial charge on any atom is 0.137 e. The molecule has 1 N–H and O–H groups in total. The Morgan fingerprint density at radius 2 is 1.92 bits per heavy atom. The molecule has 0 atom stereocenters. The van der Waals surface area contributed by atoms with Crippen molar-refractivity contribution in [1.82, 2.24) is 14.4 Å². The molecule has 5 heteroatoms. The van der Waals surface area contributed by atoms with E-state index in [1.54, 1.807) is 6.20 Å². The predicted molar refractivity (Wildman–Crippen MR) is 97.2 cm³/mol. The lowest BCUT2D eigenvalue weighted by atomic mass is 10.1. The Labute approximate surface area is 144 Å². The quantitative estimate of drug-likeness (QED) is 0.590. The molecule has 0 aliphatic rings. The SMILES string of the molecule is Clc1cncc(CNc2ccc(-c3cn4ccccc4n3)cc2)c1. The van der Waals surface area contributed by atoms with Crippen molar-refractivity contribution >= 4 is 22.9 Å². The number of hydrogen-bond donors (Lipinski definition) is 1. The number of halogens is 1. The van der Waals surface area contributed by atoms with Gasteiger partial charge in [0.15, 0.2) is 0 Å². The molecule has 0 amide bonds. The zero-order valence-electron chi connectivity index (χ0n) is 12.9. The summed E-state index contributed by atoms with van der Waals surface area (Å²) in [6, 6.07) is 16.1. The van der Waals surface area contributed by atoms with Gasteiger partial charge in [-0.1, -0.05) is 29.8 Å². The molecule has 0 unspecified atom stereocenters. The standard InChI is InChI=1S/C19H15ClN4/c20-16-9-14(10-21-12-16)11-22-17-6-4-15(5-7-17)18-13-24-8-2-1-3-19(24)23-18/h1-10,12-13,22H,11H2. The maximum atomic E-state index is 5.95. The molecule has 0 spiro atoms. The summed E-state index contributed by atoms with van der Waals surface area (Å²) < 4.78 is 2.02. The van der Waals surface area contributed by atoms with E-state index in [9.17, 15) is 0 Å². The van der Waals surface area contributed by atoms with Crippen LogP contribution in [0.25, 0.3) is 16.9 Å². The highest BCUT2D eigenvalue weighted by Gasteiger charge is 2.04. The number of imidazole rings is 1. The Morgan fingerprint density at radius 3 is 2.71 bits per heavy atom. The van der Waals surface area contributed by atoms with E-state index in [4.69, 9.17) is 11.6 Å². The number of aromatic nitrogens is 3. The number of fused-ring (bicyclic) bond motifs is 1. The zero-order chi connectivity index (χ0) is 16.4. The highest BCUT2D eigenvalue weighted by molar-refractivity contribution is 6.30. The Balaban J connectivity index is 1.50. The van der Waals surface area contributed by atoms with Crippen molar-refractivity contribution < 1.29 is 0 Å². The first-order chi connectivity index (χ1) is 11.8. The third kappa shape index (κ3) is 3.09. The van der Waals surface area contributed by atoms with Crippen LogP contribution in [-0.4, -0.2) is 14.4 Å².